The molecular formula is C10H26Al2O4P2+6. The molecule has 1 atom stereocenters. The van der Waals surface area contributed by atoms with Gasteiger partial charge in [0.2, 0.25) is 0 Å². The molecule has 0 fully saturated rings. The Bertz CT molecular complexity index is 254. The van der Waals surface area contributed by atoms with Crippen molar-refractivity contribution in [2.45, 2.75) is 40.5 Å². The van der Waals surface area contributed by atoms with E-state index in [1.54, 1.807) is 20.8 Å². The molecule has 0 amide bonds. The van der Waals surface area contributed by atoms with Crippen LogP contribution >= 0.6 is 14.7 Å². The van der Waals surface area contributed by atoms with Crippen LogP contribution in [0.5, 0.6) is 0 Å². The SMILES string of the molecule is CCCCP(=O)(O)CC.CCP(=O)(O)CC.[Al+3].[Al+3]. The van der Waals surface area contributed by atoms with Crippen molar-refractivity contribution in [3.05, 3.63) is 0 Å². The van der Waals surface area contributed by atoms with Crippen molar-refractivity contribution < 1.29 is 18.9 Å². The smallest absolute Gasteiger partial charge is 0.344 e. The van der Waals surface area contributed by atoms with Crippen molar-refractivity contribution in [2.75, 3.05) is 24.6 Å². The second-order valence-electron chi connectivity index (χ2n) is 3.72. The van der Waals surface area contributed by atoms with Gasteiger partial charge in [-0.2, -0.15) is 0 Å². The van der Waals surface area contributed by atoms with Crippen molar-refractivity contribution in [1.82, 2.24) is 0 Å². The van der Waals surface area contributed by atoms with Gasteiger partial charge in [0.25, 0.3) is 0 Å². The van der Waals surface area contributed by atoms with Crippen LogP contribution in [0.25, 0.3) is 0 Å². The average Bonchev–Trinajstić information content (AvgIpc) is 2.27. The molecule has 0 aliphatic rings. The summed E-state index contributed by atoms with van der Waals surface area (Å²) in [5.41, 5.74) is 0. The van der Waals surface area contributed by atoms with E-state index in [9.17, 15) is 9.13 Å². The minimum Gasteiger partial charge on any atom is -0.344 e. The molecule has 0 aromatic rings. The Balaban J connectivity index is -0.000000100. The maximum absolute atomic E-state index is 10.9. The summed E-state index contributed by atoms with van der Waals surface area (Å²) in [4.78, 5) is 17.7. The zero-order chi connectivity index (χ0) is 13.2. The van der Waals surface area contributed by atoms with Gasteiger partial charge in [-0.25, -0.2) is 0 Å². The molecule has 2 N–H and O–H groups in total. The number of rotatable bonds is 6. The third-order valence-corrected chi connectivity index (χ3v) is 6.32. The first-order valence-electron chi connectivity index (χ1n) is 5.86. The van der Waals surface area contributed by atoms with E-state index >= 15 is 0 Å². The molecule has 0 aliphatic heterocycles. The first-order chi connectivity index (χ1) is 7.24. The minimum absolute atomic E-state index is 0. The van der Waals surface area contributed by atoms with E-state index in [0.29, 0.717) is 24.6 Å². The number of hydrogen-bond donors (Lipinski definition) is 2. The molecule has 4 nitrogen and oxygen atoms in total. The van der Waals surface area contributed by atoms with Gasteiger partial charge < -0.3 is 9.79 Å². The molecule has 0 saturated heterocycles. The Morgan fingerprint density at radius 1 is 0.778 bits per heavy atom. The van der Waals surface area contributed by atoms with Crippen LogP contribution in [-0.2, 0) is 9.13 Å². The maximum Gasteiger partial charge on any atom is 3.00 e. The average molecular weight is 326 g/mol. The molecule has 18 heavy (non-hydrogen) atoms. The van der Waals surface area contributed by atoms with Gasteiger partial charge >= 0.3 is 34.7 Å². The molecule has 0 saturated carbocycles. The van der Waals surface area contributed by atoms with Crippen molar-refractivity contribution in [1.29, 1.82) is 0 Å². The fourth-order valence-electron chi connectivity index (χ4n) is 0.787. The molecule has 0 bridgehead atoms. The minimum atomic E-state index is -2.69. The second-order valence-corrected chi connectivity index (χ2v) is 9.45. The summed E-state index contributed by atoms with van der Waals surface area (Å²) in [7, 11) is -5.34. The Morgan fingerprint density at radius 3 is 1.28 bits per heavy atom. The summed E-state index contributed by atoms with van der Waals surface area (Å²) in [5.74, 6) is 0. The van der Waals surface area contributed by atoms with Crippen LogP contribution < -0.4 is 0 Å². The molecule has 0 rings (SSSR count). The predicted octanol–water partition coefficient (Wildman–Crippen LogP) is 2.61. The molecule has 0 radical (unpaired) electrons. The molecule has 1 unspecified atom stereocenters. The number of hydrogen-bond acceptors (Lipinski definition) is 2. The summed E-state index contributed by atoms with van der Waals surface area (Å²) in [5, 5.41) is 0. The fraction of sp³-hybridized carbons (Fsp3) is 1.00. The Hall–Kier alpha value is 1.44. The van der Waals surface area contributed by atoms with E-state index in [0.717, 1.165) is 12.8 Å². The van der Waals surface area contributed by atoms with Crippen molar-refractivity contribution in [3.63, 3.8) is 0 Å². The molecule has 0 aliphatic carbocycles. The first-order valence-corrected chi connectivity index (χ1v) is 9.92. The van der Waals surface area contributed by atoms with Gasteiger partial charge in [-0.1, -0.05) is 34.1 Å². The van der Waals surface area contributed by atoms with Gasteiger partial charge in [0.15, 0.2) is 14.7 Å². The van der Waals surface area contributed by atoms with Gasteiger partial charge in [-0.05, 0) is 6.42 Å². The Morgan fingerprint density at radius 2 is 1.11 bits per heavy atom. The maximum atomic E-state index is 10.9. The summed E-state index contributed by atoms with van der Waals surface area (Å²) >= 11 is 0. The third-order valence-electron chi connectivity index (χ3n) is 2.34. The summed E-state index contributed by atoms with van der Waals surface area (Å²) in [6, 6.07) is 0. The predicted molar refractivity (Wildman–Crippen MR) is 82.6 cm³/mol. The zero-order valence-corrected chi connectivity index (χ0v) is 16.1. The van der Waals surface area contributed by atoms with Crippen LogP contribution in [0.3, 0.4) is 0 Å². The normalized spacial score (nSPS) is 13.2. The van der Waals surface area contributed by atoms with E-state index in [-0.39, 0.29) is 34.7 Å². The van der Waals surface area contributed by atoms with Gasteiger partial charge in [0.05, 0.1) is 0 Å². The molecule has 0 heterocycles. The topological polar surface area (TPSA) is 74.6 Å². The largest absolute Gasteiger partial charge is 3.00 e. The summed E-state index contributed by atoms with van der Waals surface area (Å²) < 4.78 is 21.4. The van der Waals surface area contributed by atoms with Crippen LogP contribution in [-0.4, -0.2) is 69.2 Å². The van der Waals surface area contributed by atoms with Crippen LogP contribution in [0.15, 0.2) is 0 Å². The molecule has 0 aromatic carbocycles. The quantitative estimate of drug-likeness (QED) is 0.581. The van der Waals surface area contributed by atoms with E-state index in [1.165, 1.54) is 0 Å². The monoisotopic (exact) mass is 326 g/mol. The molecule has 100 valence electrons. The zero-order valence-electron chi connectivity index (χ0n) is 12.0. The summed E-state index contributed by atoms with van der Waals surface area (Å²) in [6.45, 7) is 7.24. The Labute approximate surface area is 133 Å². The van der Waals surface area contributed by atoms with Crippen LogP contribution in [0, 0.1) is 0 Å². The van der Waals surface area contributed by atoms with E-state index in [4.69, 9.17) is 9.79 Å². The molecule has 0 aromatic heterocycles. The van der Waals surface area contributed by atoms with Crippen molar-refractivity contribution >= 4 is 49.5 Å². The first kappa shape index (κ1) is 27.7. The van der Waals surface area contributed by atoms with Crippen LogP contribution in [0.4, 0.5) is 0 Å². The van der Waals surface area contributed by atoms with Crippen LogP contribution in [0.2, 0.25) is 0 Å². The number of unbranched alkanes of at least 4 members (excludes halogenated alkanes) is 1. The van der Waals surface area contributed by atoms with E-state index in [1.807, 2.05) is 6.92 Å². The Kier molecular flexibility index (Phi) is 22.9. The second kappa shape index (κ2) is 14.8. The molecule has 8 heteroatoms. The van der Waals surface area contributed by atoms with E-state index in [2.05, 4.69) is 0 Å². The standard InChI is InChI=1S/C6H15O2P.C4H11O2P.2Al/c1-3-5-6-9(7,8)4-2;1-3-7(5,6)4-2;;/h3-6H2,1-2H3,(H,7,8);3-4H2,1-2H3,(H,5,6);;/q;;2*+3. The van der Waals surface area contributed by atoms with Gasteiger partial charge in [0, 0.05) is 24.6 Å². The van der Waals surface area contributed by atoms with Gasteiger partial charge in [-0.15, -0.1) is 0 Å². The van der Waals surface area contributed by atoms with Crippen molar-refractivity contribution in [3.8, 4) is 0 Å². The van der Waals surface area contributed by atoms with Gasteiger partial charge in [0.1, 0.15) is 0 Å². The van der Waals surface area contributed by atoms with Gasteiger partial charge in [-0.3, -0.25) is 9.13 Å². The third kappa shape index (κ3) is 19.8. The van der Waals surface area contributed by atoms with E-state index < -0.39 is 14.7 Å². The van der Waals surface area contributed by atoms with Crippen molar-refractivity contribution in [2.24, 2.45) is 0 Å². The fourth-order valence-corrected chi connectivity index (χ4v) is 2.36. The molecule has 0 spiro atoms. The molecular weight excluding hydrogens is 300 g/mol. The summed E-state index contributed by atoms with van der Waals surface area (Å²) in [6.07, 6.45) is 3.62. The van der Waals surface area contributed by atoms with Crippen LogP contribution in [0.1, 0.15) is 40.5 Å².